The number of esters is 1. The summed E-state index contributed by atoms with van der Waals surface area (Å²) in [6.07, 6.45) is 1.59. The van der Waals surface area contributed by atoms with E-state index in [1.807, 2.05) is 13.0 Å². The van der Waals surface area contributed by atoms with Gasteiger partial charge in [-0.1, -0.05) is 18.2 Å². The fraction of sp³-hybridized carbons (Fsp3) is 0.500. The van der Waals surface area contributed by atoms with Gasteiger partial charge in [0.25, 0.3) is 0 Å². The van der Waals surface area contributed by atoms with E-state index < -0.39 is 11.0 Å². The van der Waals surface area contributed by atoms with Crippen molar-refractivity contribution in [2.75, 3.05) is 6.61 Å². The number of carbonyl (C=O) groups is 2. The summed E-state index contributed by atoms with van der Waals surface area (Å²) < 4.78 is 11.2. The molecular weight excluding hydrogens is 256 g/mol. The summed E-state index contributed by atoms with van der Waals surface area (Å²) in [7, 11) is 0. The molecule has 1 aromatic rings. The van der Waals surface area contributed by atoms with Crippen molar-refractivity contribution < 1.29 is 19.1 Å². The van der Waals surface area contributed by atoms with E-state index in [-0.39, 0.29) is 24.5 Å². The van der Waals surface area contributed by atoms with Crippen molar-refractivity contribution >= 4 is 11.8 Å². The number of ketones is 1. The van der Waals surface area contributed by atoms with Gasteiger partial charge in [-0.25, -0.2) is 4.79 Å². The standard InChI is InChI=1S/C16H16O4/c1-15-7-11-8-16(14(15)18,12(11)20-15)9-19-13(17)10-5-3-2-4-6-10/h2-6,11-12H,7-9H2,1H3/t11-,12-,15+,16-/m0/s1. The highest BCUT2D eigenvalue weighted by atomic mass is 16.6. The van der Waals surface area contributed by atoms with Gasteiger partial charge in [0.15, 0.2) is 5.78 Å². The van der Waals surface area contributed by atoms with Crippen LogP contribution in [0.1, 0.15) is 30.1 Å². The smallest absolute Gasteiger partial charge is 0.338 e. The minimum Gasteiger partial charge on any atom is -0.461 e. The summed E-state index contributed by atoms with van der Waals surface area (Å²) in [5.41, 5.74) is -0.683. The molecule has 2 saturated heterocycles. The molecule has 0 N–H and O–H groups in total. The SMILES string of the molecule is C[C@@]12C[C@H]3C[C@@](COC(=O)c4ccccc4)(C1=O)[C@H]3O2. The van der Waals surface area contributed by atoms with Gasteiger partial charge < -0.3 is 9.47 Å². The molecule has 4 nitrogen and oxygen atoms in total. The van der Waals surface area contributed by atoms with Gasteiger partial charge in [0.2, 0.25) is 0 Å². The predicted octanol–water partition coefficient (Wildman–Crippen LogP) is 1.98. The Labute approximate surface area is 117 Å². The zero-order valence-corrected chi connectivity index (χ0v) is 11.3. The maximum atomic E-state index is 12.5. The molecule has 0 aromatic heterocycles. The van der Waals surface area contributed by atoms with E-state index in [4.69, 9.17) is 9.47 Å². The van der Waals surface area contributed by atoms with Crippen molar-refractivity contribution in [3.8, 4) is 0 Å². The number of benzene rings is 1. The predicted molar refractivity (Wildman–Crippen MR) is 70.2 cm³/mol. The molecule has 0 radical (unpaired) electrons. The Bertz CT molecular complexity index is 596. The monoisotopic (exact) mass is 272 g/mol. The van der Waals surface area contributed by atoms with Crippen LogP contribution >= 0.6 is 0 Å². The van der Waals surface area contributed by atoms with Crippen molar-refractivity contribution in [1.29, 1.82) is 0 Å². The number of ether oxygens (including phenoxy) is 2. The molecule has 0 spiro atoms. The van der Waals surface area contributed by atoms with Crippen molar-refractivity contribution in [2.24, 2.45) is 11.3 Å². The van der Waals surface area contributed by atoms with Gasteiger partial charge >= 0.3 is 5.97 Å². The quantitative estimate of drug-likeness (QED) is 0.789. The molecule has 1 aromatic carbocycles. The third-order valence-electron chi connectivity index (χ3n) is 5.04. The van der Waals surface area contributed by atoms with Crippen LogP contribution in [0.5, 0.6) is 0 Å². The Hall–Kier alpha value is -1.68. The summed E-state index contributed by atoms with van der Waals surface area (Å²) in [6, 6.07) is 8.86. The van der Waals surface area contributed by atoms with Crippen molar-refractivity contribution in [2.45, 2.75) is 31.5 Å². The molecule has 2 heterocycles. The summed E-state index contributed by atoms with van der Waals surface area (Å²) in [4.78, 5) is 24.5. The lowest BCUT2D eigenvalue weighted by molar-refractivity contribution is -0.147. The van der Waals surface area contributed by atoms with Crippen LogP contribution in [0.3, 0.4) is 0 Å². The third kappa shape index (κ3) is 1.35. The van der Waals surface area contributed by atoms with Crippen molar-refractivity contribution in [1.82, 2.24) is 0 Å². The second-order valence-corrected chi connectivity index (χ2v) is 6.37. The maximum absolute atomic E-state index is 12.5. The fourth-order valence-corrected chi connectivity index (χ4v) is 4.15. The van der Waals surface area contributed by atoms with E-state index in [1.54, 1.807) is 24.3 Å². The fourth-order valence-electron chi connectivity index (χ4n) is 4.15. The molecule has 4 atom stereocenters. The highest BCUT2D eigenvalue weighted by Crippen LogP contribution is 2.66. The zero-order chi connectivity index (χ0) is 14.0. The minimum atomic E-state index is -0.632. The lowest BCUT2D eigenvalue weighted by atomic mass is 9.51. The molecule has 2 bridgehead atoms. The molecule has 1 aliphatic carbocycles. The van der Waals surface area contributed by atoms with Crippen LogP contribution in [-0.4, -0.2) is 30.1 Å². The Morgan fingerprint density at radius 1 is 1.35 bits per heavy atom. The van der Waals surface area contributed by atoms with E-state index in [9.17, 15) is 9.59 Å². The number of carbonyl (C=O) groups excluding carboxylic acids is 2. The molecule has 104 valence electrons. The van der Waals surface area contributed by atoms with E-state index in [2.05, 4.69) is 0 Å². The first-order valence-electron chi connectivity index (χ1n) is 7.00. The highest BCUT2D eigenvalue weighted by Gasteiger charge is 2.76. The number of Topliss-reactive ketones (excluding diaryl/α,β-unsaturated/α-hetero) is 1. The molecule has 1 saturated carbocycles. The van der Waals surface area contributed by atoms with E-state index >= 15 is 0 Å². The van der Waals surface area contributed by atoms with Crippen molar-refractivity contribution in [3.63, 3.8) is 0 Å². The van der Waals surface area contributed by atoms with E-state index in [1.165, 1.54) is 0 Å². The molecule has 3 aliphatic rings. The molecular formula is C16H16O4. The summed E-state index contributed by atoms with van der Waals surface area (Å²) in [5.74, 6) is 0.218. The van der Waals surface area contributed by atoms with Gasteiger partial charge in [-0.15, -0.1) is 0 Å². The Balaban J connectivity index is 1.49. The van der Waals surface area contributed by atoms with Gasteiger partial charge in [-0.3, -0.25) is 4.79 Å². The van der Waals surface area contributed by atoms with Gasteiger partial charge in [0.05, 0.1) is 17.1 Å². The van der Waals surface area contributed by atoms with E-state index in [0.29, 0.717) is 11.5 Å². The van der Waals surface area contributed by atoms with Crippen LogP contribution < -0.4 is 0 Å². The summed E-state index contributed by atoms with van der Waals surface area (Å²) in [5, 5.41) is 0. The number of hydrogen-bond donors (Lipinski definition) is 0. The summed E-state index contributed by atoms with van der Waals surface area (Å²) in [6.45, 7) is 2.01. The average molecular weight is 272 g/mol. The molecule has 4 heteroatoms. The maximum Gasteiger partial charge on any atom is 0.338 e. The third-order valence-corrected chi connectivity index (χ3v) is 5.04. The second-order valence-electron chi connectivity index (χ2n) is 6.37. The van der Waals surface area contributed by atoms with Crippen molar-refractivity contribution in [3.05, 3.63) is 35.9 Å². The summed E-state index contributed by atoms with van der Waals surface area (Å²) >= 11 is 0. The Morgan fingerprint density at radius 3 is 2.75 bits per heavy atom. The molecule has 0 unspecified atom stereocenters. The van der Waals surface area contributed by atoms with E-state index in [0.717, 1.165) is 12.8 Å². The van der Waals surface area contributed by atoms with Gasteiger partial charge in [-0.2, -0.15) is 0 Å². The normalized spacial score (nSPS) is 40.5. The van der Waals surface area contributed by atoms with Gasteiger partial charge in [0, 0.05) is 0 Å². The van der Waals surface area contributed by atoms with Crippen LogP contribution in [0, 0.1) is 11.3 Å². The number of fused-ring (bicyclic) bond motifs is 1. The molecule has 2 aliphatic heterocycles. The van der Waals surface area contributed by atoms with Crippen LogP contribution in [-0.2, 0) is 14.3 Å². The molecule has 20 heavy (non-hydrogen) atoms. The lowest BCUT2D eigenvalue weighted by Gasteiger charge is -2.49. The van der Waals surface area contributed by atoms with Crippen LogP contribution in [0.4, 0.5) is 0 Å². The molecule has 3 fully saturated rings. The first-order valence-corrected chi connectivity index (χ1v) is 7.00. The zero-order valence-electron chi connectivity index (χ0n) is 11.3. The molecule has 0 amide bonds. The number of rotatable bonds is 3. The molecule has 4 rings (SSSR count). The van der Waals surface area contributed by atoms with Crippen LogP contribution in [0.25, 0.3) is 0 Å². The topological polar surface area (TPSA) is 52.6 Å². The first-order chi connectivity index (χ1) is 9.55. The second kappa shape index (κ2) is 3.70. The Kier molecular flexibility index (Phi) is 2.24. The largest absolute Gasteiger partial charge is 0.461 e. The minimum absolute atomic E-state index is 0.0384. The average Bonchev–Trinajstić information content (AvgIpc) is 2.82. The Morgan fingerprint density at radius 2 is 2.10 bits per heavy atom. The number of hydrogen-bond acceptors (Lipinski definition) is 4. The first kappa shape index (κ1) is 12.1. The van der Waals surface area contributed by atoms with Gasteiger partial charge in [-0.05, 0) is 37.8 Å². The van der Waals surface area contributed by atoms with Crippen LogP contribution in [0.15, 0.2) is 30.3 Å². The highest BCUT2D eigenvalue weighted by molar-refractivity contribution is 5.98. The van der Waals surface area contributed by atoms with Crippen LogP contribution in [0.2, 0.25) is 0 Å². The van der Waals surface area contributed by atoms with Gasteiger partial charge in [0.1, 0.15) is 12.2 Å². The lowest BCUT2D eigenvalue weighted by Crippen LogP contribution is -2.60.